The highest BCUT2D eigenvalue weighted by Crippen LogP contribution is 2.23. The molecule has 0 aliphatic carbocycles. The number of carboxylic acid groups (broad SMARTS) is 1. The Hall–Kier alpha value is -1.66. The lowest BCUT2D eigenvalue weighted by molar-refractivity contribution is 0.0688. The molecule has 6 heteroatoms. The number of hydrogen-bond donors (Lipinski definition) is 2. The molecule has 2 N–H and O–H groups in total. The van der Waals surface area contributed by atoms with E-state index in [0.29, 0.717) is 18.4 Å². The molecule has 0 amide bonds. The zero-order valence-electron chi connectivity index (χ0n) is 11.0. The van der Waals surface area contributed by atoms with Gasteiger partial charge < -0.3 is 10.2 Å². The van der Waals surface area contributed by atoms with E-state index in [1.807, 2.05) is 25.1 Å². The van der Waals surface area contributed by atoms with Crippen LogP contribution < -0.4 is 0 Å². The number of benzene rings is 1. The van der Waals surface area contributed by atoms with Crippen LogP contribution >= 0.6 is 15.9 Å². The number of rotatable bonds is 5. The zero-order valence-corrected chi connectivity index (χ0v) is 12.6. The van der Waals surface area contributed by atoms with Crippen LogP contribution in [0.4, 0.5) is 0 Å². The smallest absolute Gasteiger partial charge is 0.356 e. The lowest BCUT2D eigenvalue weighted by Crippen LogP contribution is -2.03. The first kappa shape index (κ1) is 14.7. The van der Waals surface area contributed by atoms with E-state index in [1.54, 1.807) is 10.9 Å². The molecule has 2 aromatic rings. The second kappa shape index (κ2) is 6.19. The van der Waals surface area contributed by atoms with E-state index in [-0.39, 0.29) is 12.3 Å². The summed E-state index contributed by atoms with van der Waals surface area (Å²) < 4.78 is 2.41. The summed E-state index contributed by atoms with van der Waals surface area (Å²) in [6.07, 6.45) is 2.71. The van der Waals surface area contributed by atoms with Gasteiger partial charge in [-0.1, -0.05) is 6.07 Å². The maximum Gasteiger partial charge on any atom is 0.356 e. The van der Waals surface area contributed by atoms with Crippen molar-refractivity contribution in [1.82, 2.24) is 9.78 Å². The summed E-state index contributed by atoms with van der Waals surface area (Å²) in [5.41, 5.74) is 2.55. The summed E-state index contributed by atoms with van der Waals surface area (Å²) >= 11 is 3.46. The van der Waals surface area contributed by atoms with Crippen LogP contribution in [0.25, 0.3) is 5.69 Å². The minimum Gasteiger partial charge on any atom is -0.476 e. The average molecular weight is 339 g/mol. The molecule has 0 saturated carbocycles. The third-order valence-corrected chi connectivity index (χ3v) is 3.58. The van der Waals surface area contributed by atoms with Crippen molar-refractivity contribution in [2.24, 2.45) is 0 Å². The van der Waals surface area contributed by atoms with Crippen molar-refractivity contribution >= 4 is 21.9 Å². The fourth-order valence-electron chi connectivity index (χ4n) is 1.96. The lowest BCUT2D eigenvalue weighted by Gasteiger charge is -2.05. The quantitative estimate of drug-likeness (QED) is 0.878. The van der Waals surface area contributed by atoms with E-state index in [4.69, 9.17) is 5.11 Å². The summed E-state index contributed by atoms with van der Waals surface area (Å²) in [6.45, 7) is 2.01. The zero-order chi connectivity index (χ0) is 14.7. The number of aliphatic hydroxyl groups excluding tert-OH is 1. The molecule has 0 bridgehead atoms. The number of aliphatic hydroxyl groups is 1. The normalized spacial score (nSPS) is 10.8. The van der Waals surface area contributed by atoms with Gasteiger partial charge >= 0.3 is 5.97 Å². The van der Waals surface area contributed by atoms with Gasteiger partial charge in [0, 0.05) is 22.8 Å². The predicted molar refractivity (Wildman–Crippen MR) is 78.4 cm³/mol. The number of nitrogens with zero attached hydrogens (tertiary/aromatic N) is 2. The van der Waals surface area contributed by atoms with Gasteiger partial charge in [0.25, 0.3) is 0 Å². The Morgan fingerprint density at radius 3 is 2.80 bits per heavy atom. The van der Waals surface area contributed by atoms with Crippen LogP contribution in [0.3, 0.4) is 0 Å². The molecule has 1 aromatic heterocycles. The molecular formula is C14H15BrN2O3. The van der Waals surface area contributed by atoms with Crippen LogP contribution in [0, 0.1) is 6.92 Å². The number of aromatic carboxylic acids is 1. The van der Waals surface area contributed by atoms with E-state index < -0.39 is 5.97 Å². The number of hydrogen-bond acceptors (Lipinski definition) is 3. The fraction of sp³-hybridized carbons (Fsp3) is 0.286. The van der Waals surface area contributed by atoms with E-state index in [0.717, 1.165) is 15.7 Å². The predicted octanol–water partition coefficient (Wildman–Crippen LogP) is 2.57. The largest absolute Gasteiger partial charge is 0.476 e. The van der Waals surface area contributed by atoms with Gasteiger partial charge in [-0.2, -0.15) is 5.10 Å². The van der Waals surface area contributed by atoms with Crippen molar-refractivity contribution in [2.45, 2.75) is 19.8 Å². The van der Waals surface area contributed by atoms with Crippen LogP contribution in [-0.4, -0.2) is 32.6 Å². The Morgan fingerprint density at radius 2 is 2.20 bits per heavy atom. The standard InChI is InChI=1S/C14H15BrN2O3/c1-9-4-5-12(11(15)7-9)17-8-10(3-2-6-18)13(16-17)14(19)20/h4-5,7-8,18H,2-3,6H2,1H3,(H,19,20). The SMILES string of the molecule is Cc1ccc(-n2cc(CCCO)c(C(=O)O)n2)c(Br)c1. The molecule has 106 valence electrons. The van der Waals surface area contributed by atoms with Crippen LogP contribution in [0.5, 0.6) is 0 Å². The molecule has 1 aromatic carbocycles. The highest BCUT2D eigenvalue weighted by molar-refractivity contribution is 9.10. The number of aromatic nitrogens is 2. The lowest BCUT2D eigenvalue weighted by atomic mass is 10.1. The maximum atomic E-state index is 11.2. The molecule has 0 aliphatic heterocycles. The highest BCUT2D eigenvalue weighted by atomic mass is 79.9. The van der Waals surface area contributed by atoms with Gasteiger partial charge in [-0.25, -0.2) is 9.48 Å². The topological polar surface area (TPSA) is 75.4 Å². The average Bonchev–Trinajstić information content (AvgIpc) is 2.80. The Bertz CT molecular complexity index is 637. The van der Waals surface area contributed by atoms with Crippen molar-refractivity contribution in [3.05, 3.63) is 45.7 Å². The molecule has 5 nitrogen and oxygen atoms in total. The van der Waals surface area contributed by atoms with Crippen molar-refractivity contribution in [2.75, 3.05) is 6.61 Å². The minimum atomic E-state index is -1.06. The molecule has 0 saturated heterocycles. The number of carboxylic acids is 1. The number of aryl methyl sites for hydroxylation is 2. The second-order valence-corrected chi connectivity index (χ2v) is 5.39. The molecule has 0 radical (unpaired) electrons. The maximum absolute atomic E-state index is 11.2. The van der Waals surface area contributed by atoms with Gasteiger partial charge in [-0.3, -0.25) is 0 Å². The van der Waals surface area contributed by atoms with Crippen molar-refractivity contribution in [3.8, 4) is 5.69 Å². The Morgan fingerprint density at radius 1 is 1.45 bits per heavy atom. The Balaban J connectivity index is 2.44. The fourth-order valence-corrected chi connectivity index (χ4v) is 2.64. The minimum absolute atomic E-state index is 0.0263. The van der Waals surface area contributed by atoms with Gasteiger partial charge in [0.2, 0.25) is 0 Å². The van der Waals surface area contributed by atoms with Gasteiger partial charge in [0.05, 0.1) is 5.69 Å². The van der Waals surface area contributed by atoms with Crippen LogP contribution in [-0.2, 0) is 6.42 Å². The van der Waals surface area contributed by atoms with E-state index >= 15 is 0 Å². The summed E-state index contributed by atoms with van der Waals surface area (Å²) in [6, 6.07) is 5.77. The van der Waals surface area contributed by atoms with E-state index in [9.17, 15) is 9.90 Å². The van der Waals surface area contributed by atoms with Crippen molar-refractivity contribution in [1.29, 1.82) is 0 Å². The van der Waals surface area contributed by atoms with E-state index in [1.165, 1.54) is 0 Å². The molecule has 0 atom stereocenters. The van der Waals surface area contributed by atoms with Crippen LogP contribution in [0.15, 0.2) is 28.9 Å². The molecule has 2 rings (SSSR count). The monoisotopic (exact) mass is 338 g/mol. The summed E-state index contributed by atoms with van der Waals surface area (Å²) in [5, 5.41) is 22.2. The van der Waals surface area contributed by atoms with Gasteiger partial charge in [0.15, 0.2) is 5.69 Å². The van der Waals surface area contributed by atoms with Crippen molar-refractivity contribution in [3.63, 3.8) is 0 Å². The molecule has 1 heterocycles. The van der Waals surface area contributed by atoms with Crippen molar-refractivity contribution < 1.29 is 15.0 Å². The van der Waals surface area contributed by atoms with E-state index in [2.05, 4.69) is 21.0 Å². The molecule has 0 aliphatic rings. The molecule has 0 fully saturated rings. The molecular weight excluding hydrogens is 324 g/mol. The van der Waals surface area contributed by atoms with Gasteiger partial charge in [0.1, 0.15) is 0 Å². The van der Waals surface area contributed by atoms with Gasteiger partial charge in [-0.15, -0.1) is 0 Å². The summed E-state index contributed by atoms with van der Waals surface area (Å²) in [4.78, 5) is 11.2. The number of carbonyl (C=O) groups is 1. The number of halogens is 1. The Labute approximate surface area is 125 Å². The third-order valence-electron chi connectivity index (χ3n) is 2.95. The third kappa shape index (κ3) is 3.08. The Kier molecular flexibility index (Phi) is 4.57. The van der Waals surface area contributed by atoms with Crippen LogP contribution in [0.1, 0.15) is 28.0 Å². The first-order valence-electron chi connectivity index (χ1n) is 6.22. The van der Waals surface area contributed by atoms with Crippen LogP contribution in [0.2, 0.25) is 0 Å². The summed E-state index contributed by atoms with van der Waals surface area (Å²) in [7, 11) is 0. The molecule has 0 unspecified atom stereocenters. The first-order chi connectivity index (χ1) is 9.52. The highest BCUT2D eigenvalue weighted by Gasteiger charge is 2.17. The summed E-state index contributed by atoms with van der Waals surface area (Å²) in [5.74, 6) is -1.06. The molecule has 20 heavy (non-hydrogen) atoms. The second-order valence-electron chi connectivity index (χ2n) is 4.53. The van der Waals surface area contributed by atoms with Gasteiger partial charge in [-0.05, 0) is 53.4 Å². The molecule has 0 spiro atoms. The first-order valence-corrected chi connectivity index (χ1v) is 7.01.